The average molecular weight is 274 g/mol. The minimum Gasteiger partial charge on any atom is -0.308 e. The Kier molecular flexibility index (Phi) is 6.77. The van der Waals surface area contributed by atoms with E-state index in [9.17, 15) is 9.59 Å². The van der Waals surface area contributed by atoms with Crippen molar-refractivity contribution in [2.24, 2.45) is 5.90 Å². The first-order valence-corrected chi connectivity index (χ1v) is 4.84. The van der Waals surface area contributed by atoms with Crippen molar-refractivity contribution in [1.82, 2.24) is 0 Å². The summed E-state index contributed by atoms with van der Waals surface area (Å²) in [6.07, 6.45) is 1.16. The molecule has 0 heterocycles. The molecular weight excluding hydrogens is 262 g/mol. The monoisotopic (exact) mass is 273 g/mol. The highest BCUT2D eigenvalue weighted by Crippen LogP contribution is 2.25. The molecule has 0 aliphatic heterocycles. The van der Waals surface area contributed by atoms with Crippen molar-refractivity contribution >= 4 is 28.5 Å². The quantitative estimate of drug-likeness (QED) is 0.389. The lowest BCUT2D eigenvalue weighted by atomic mass is 10.0. The van der Waals surface area contributed by atoms with Crippen LogP contribution >= 0.6 is 15.9 Å². The maximum atomic E-state index is 10.6. The molecule has 0 bridgehead atoms. The first-order valence-electron chi connectivity index (χ1n) is 4.04. The van der Waals surface area contributed by atoms with Crippen LogP contribution in [0.5, 0.6) is 0 Å². The third-order valence-corrected chi connectivity index (χ3v) is 2.39. The minimum absolute atomic E-state index is 0.579. The molecule has 0 aromatic heterocycles. The molecule has 0 atom stereocenters. The summed E-state index contributed by atoms with van der Waals surface area (Å²) in [5.74, 6) is 4.35. The maximum absolute atomic E-state index is 10.6. The number of nitrogens with two attached hydrogens (primary N) is 1. The van der Waals surface area contributed by atoms with Crippen LogP contribution in [-0.2, 0) is 18.8 Å². The van der Waals surface area contributed by atoms with E-state index in [0.29, 0.717) is 18.1 Å². The third-order valence-electron chi connectivity index (χ3n) is 1.56. The molecule has 1 rings (SSSR count). The van der Waals surface area contributed by atoms with Crippen LogP contribution in [0.4, 0.5) is 0 Å². The van der Waals surface area contributed by atoms with Crippen LogP contribution in [0, 0.1) is 0 Å². The predicted octanol–water partition coefficient (Wildman–Crippen LogP) is 1.18. The van der Waals surface area contributed by atoms with Crippen molar-refractivity contribution in [1.29, 1.82) is 0 Å². The molecule has 0 amide bonds. The summed E-state index contributed by atoms with van der Waals surface area (Å²) in [4.78, 5) is 24.9. The number of hydrogen-bond donors (Lipinski definition) is 1. The van der Waals surface area contributed by atoms with E-state index in [1.54, 1.807) is 24.3 Å². The van der Waals surface area contributed by atoms with E-state index in [-0.39, 0.29) is 0 Å². The highest BCUT2D eigenvalue weighted by atomic mass is 79.9. The highest BCUT2D eigenvalue weighted by molar-refractivity contribution is 9.10. The van der Waals surface area contributed by atoms with Crippen molar-refractivity contribution in [3.05, 3.63) is 35.9 Å². The van der Waals surface area contributed by atoms with Gasteiger partial charge in [0.2, 0.25) is 0 Å². The molecule has 0 spiro atoms. The van der Waals surface area contributed by atoms with Gasteiger partial charge in [-0.15, -0.1) is 0 Å². The van der Waals surface area contributed by atoms with Gasteiger partial charge in [-0.25, -0.2) is 5.90 Å². The van der Waals surface area contributed by atoms with Crippen molar-refractivity contribution < 1.29 is 14.4 Å². The van der Waals surface area contributed by atoms with Crippen LogP contribution in [0.15, 0.2) is 30.3 Å². The Labute approximate surface area is 96.5 Å². The molecule has 0 saturated carbocycles. The number of benzene rings is 1. The van der Waals surface area contributed by atoms with Crippen molar-refractivity contribution in [2.75, 3.05) is 7.11 Å². The van der Waals surface area contributed by atoms with E-state index < -0.39 is 4.32 Å². The zero-order chi connectivity index (χ0) is 11.7. The smallest absolute Gasteiger partial charge is 0.161 e. The Bertz CT molecular complexity index is 295. The molecule has 2 N–H and O–H groups in total. The van der Waals surface area contributed by atoms with Crippen LogP contribution in [-0.4, -0.2) is 19.7 Å². The van der Waals surface area contributed by atoms with Crippen LogP contribution in [0.3, 0.4) is 0 Å². The van der Waals surface area contributed by atoms with Gasteiger partial charge in [0.15, 0.2) is 4.32 Å². The van der Waals surface area contributed by atoms with E-state index in [4.69, 9.17) is 0 Å². The molecule has 15 heavy (non-hydrogen) atoms. The van der Waals surface area contributed by atoms with Gasteiger partial charge in [-0.05, 0) is 5.56 Å². The normalized spacial score (nSPS) is 9.80. The van der Waals surface area contributed by atoms with Crippen molar-refractivity contribution in [2.45, 2.75) is 4.32 Å². The number of halogens is 1. The molecule has 0 radical (unpaired) electrons. The first-order chi connectivity index (χ1) is 7.14. The fourth-order valence-electron chi connectivity index (χ4n) is 0.857. The maximum Gasteiger partial charge on any atom is 0.161 e. The molecule has 1 aromatic carbocycles. The number of carbonyl (C=O) groups excluding carboxylic acids is 2. The highest BCUT2D eigenvalue weighted by Gasteiger charge is 2.27. The van der Waals surface area contributed by atoms with Crippen molar-refractivity contribution in [3.8, 4) is 0 Å². The van der Waals surface area contributed by atoms with E-state index in [0.717, 1.165) is 0 Å². The average Bonchev–Trinajstić information content (AvgIpc) is 2.30. The van der Waals surface area contributed by atoms with Gasteiger partial charge in [-0.2, -0.15) is 0 Å². The van der Waals surface area contributed by atoms with Gasteiger partial charge in [0.1, 0.15) is 12.6 Å². The summed E-state index contributed by atoms with van der Waals surface area (Å²) in [5.41, 5.74) is 0.648. The second kappa shape index (κ2) is 7.28. The number of hydrogen-bond acceptors (Lipinski definition) is 4. The van der Waals surface area contributed by atoms with E-state index >= 15 is 0 Å². The standard InChI is InChI=1S/C9H7BrO2.CH5NO/c10-9(6-11,7-12)8-4-2-1-3-5-8;1-3-2/h1-7H;2H2,1H3. The lowest BCUT2D eigenvalue weighted by Crippen LogP contribution is -2.21. The van der Waals surface area contributed by atoms with E-state index in [1.807, 2.05) is 6.07 Å². The Morgan fingerprint density at radius 3 is 2.00 bits per heavy atom. The summed E-state index contributed by atoms with van der Waals surface area (Å²) in [6, 6.07) is 8.82. The molecule has 82 valence electrons. The number of carbonyl (C=O) groups is 2. The van der Waals surface area contributed by atoms with Gasteiger partial charge in [0, 0.05) is 0 Å². The number of aldehydes is 2. The summed E-state index contributed by atoms with van der Waals surface area (Å²) in [5, 5.41) is 0. The SMILES string of the molecule is CON.O=CC(Br)(C=O)c1ccccc1. The predicted molar refractivity (Wildman–Crippen MR) is 60.4 cm³/mol. The third kappa shape index (κ3) is 4.33. The second-order valence-corrected chi connectivity index (χ2v) is 3.92. The number of alkyl halides is 1. The van der Waals surface area contributed by atoms with Crippen LogP contribution in [0.1, 0.15) is 5.56 Å². The van der Waals surface area contributed by atoms with Gasteiger partial charge >= 0.3 is 0 Å². The largest absolute Gasteiger partial charge is 0.308 e. The van der Waals surface area contributed by atoms with E-state index in [1.165, 1.54) is 7.11 Å². The molecule has 0 fully saturated rings. The van der Waals surface area contributed by atoms with Gasteiger partial charge in [-0.3, -0.25) is 0 Å². The summed E-state index contributed by atoms with van der Waals surface area (Å²) in [7, 11) is 1.40. The first kappa shape index (κ1) is 14.0. The summed E-state index contributed by atoms with van der Waals surface area (Å²) < 4.78 is -1.17. The Morgan fingerprint density at radius 1 is 1.27 bits per heavy atom. The second-order valence-electron chi connectivity index (χ2n) is 2.61. The summed E-state index contributed by atoms with van der Waals surface area (Å²) in [6.45, 7) is 0. The van der Waals surface area contributed by atoms with Crippen LogP contribution < -0.4 is 5.90 Å². The van der Waals surface area contributed by atoms with Gasteiger partial charge in [-0.1, -0.05) is 46.3 Å². The van der Waals surface area contributed by atoms with Gasteiger partial charge < -0.3 is 14.4 Å². The van der Waals surface area contributed by atoms with Gasteiger partial charge in [0.05, 0.1) is 7.11 Å². The Morgan fingerprint density at radius 2 is 1.67 bits per heavy atom. The number of rotatable bonds is 3. The fraction of sp³-hybridized carbons (Fsp3) is 0.200. The van der Waals surface area contributed by atoms with Gasteiger partial charge in [0.25, 0.3) is 0 Å². The Hall–Kier alpha value is -1.04. The molecule has 1 aromatic rings. The molecule has 4 nitrogen and oxygen atoms in total. The molecule has 0 aliphatic carbocycles. The van der Waals surface area contributed by atoms with Crippen LogP contribution in [0.2, 0.25) is 0 Å². The Balaban J connectivity index is 0.000000583. The molecule has 0 aliphatic rings. The molecule has 0 unspecified atom stereocenters. The molecule has 5 heteroatoms. The van der Waals surface area contributed by atoms with E-state index in [2.05, 4.69) is 26.7 Å². The topological polar surface area (TPSA) is 69.4 Å². The van der Waals surface area contributed by atoms with Crippen molar-refractivity contribution in [3.63, 3.8) is 0 Å². The van der Waals surface area contributed by atoms with Crippen LogP contribution in [0.25, 0.3) is 0 Å². The molecular formula is C10H12BrNO3. The zero-order valence-corrected chi connectivity index (χ0v) is 9.81. The molecule has 0 saturated heterocycles. The minimum atomic E-state index is -1.17. The fourth-order valence-corrected chi connectivity index (χ4v) is 1.12. The summed E-state index contributed by atoms with van der Waals surface area (Å²) >= 11 is 3.06. The zero-order valence-electron chi connectivity index (χ0n) is 8.22. The lowest BCUT2D eigenvalue weighted by Gasteiger charge is -2.12. The lowest BCUT2D eigenvalue weighted by molar-refractivity contribution is -0.117.